The molecule has 0 radical (unpaired) electrons. The highest BCUT2D eigenvalue weighted by molar-refractivity contribution is 14.1. The van der Waals surface area contributed by atoms with Crippen LogP contribution in [0.4, 0.5) is 0 Å². The second-order valence-corrected chi connectivity index (χ2v) is 6.42. The molecule has 0 saturated heterocycles. The molecule has 0 spiro atoms. The summed E-state index contributed by atoms with van der Waals surface area (Å²) in [4.78, 5) is 12.1. The molecule has 19 heavy (non-hydrogen) atoms. The molecular formula is C15H13BrINO. The number of carbonyl (C=O) groups is 1. The van der Waals surface area contributed by atoms with Gasteiger partial charge in [-0.3, -0.25) is 4.79 Å². The summed E-state index contributed by atoms with van der Waals surface area (Å²) in [5, 5.41) is 3.00. The lowest BCUT2D eigenvalue weighted by molar-refractivity contribution is 0.0940. The molecule has 2 aromatic rings. The van der Waals surface area contributed by atoms with Gasteiger partial charge in [0, 0.05) is 13.6 Å². The zero-order valence-electron chi connectivity index (χ0n) is 10.4. The van der Waals surface area contributed by atoms with Crippen molar-refractivity contribution in [1.29, 1.82) is 0 Å². The Bertz CT molecular complexity index is 583. The highest BCUT2D eigenvalue weighted by Gasteiger charge is 2.11. The van der Waals surface area contributed by atoms with Crippen molar-refractivity contribution < 1.29 is 4.79 Å². The lowest BCUT2D eigenvalue weighted by Crippen LogP contribution is -2.26. The fourth-order valence-corrected chi connectivity index (χ4v) is 2.52. The quantitative estimate of drug-likeness (QED) is 0.712. The van der Waals surface area contributed by atoms with Gasteiger partial charge in [-0.15, -0.1) is 0 Å². The Kier molecular flexibility index (Phi) is 4.99. The second kappa shape index (κ2) is 6.52. The van der Waals surface area contributed by atoms with E-state index in [1.807, 2.05) is 55.5 Å². The summed E-state index contributed by atoms with van der Waals surface area (Å²) in [6, 6.07) is 15.5. The van der Waals surface area contributed by atoms with Gasteiger partial charge in [0.05, 0.1) is 6.04 Å². The zero-order chi connectivity index (χ0) is 13.8. The molecule has 0 aliphatic carbocycles. The van der Waals surface area contributed by atoms with Crippen molar-refractivity contribution in [2.45, 2.75) is 13.0 Å². The molecule has 4 heteroatoms. The van der Waals surface area contributed by atoms with Gasteiger partial charge in [-0.2, -0.15) is 0 Å². The van der Waals surface area contributed by atoms with Crippen LogP contribution in [0.5, 0.6) is 0 Å². The molecule has 0 bridgehead atoms. The third-order valence-electron chi connectivity index (χ3n) is 2.80. The van der Waals surface area contributed by atoms with Crippen LogP contribution in [-0.2, 0) is 0 Å². The number of amides is 1. The first kappa shape index (κ1) is 14.5. The predicted octanol–water partition coefficient (Wildman–Crippen LogP) is 4.54. The van der Waals surface area contributed by atoms with Crippen molar-refractivity contribution >= 4 is 44.4 Å². The number of rotatable bonds is 3. The number of hydrogen-bond acceptors (Lipinski definition) is 1. The Morgan fingerprint density at radius 1 is 1.21 bits per heavy atom. The second-order valence-electron chi connectivity index (χ2n) is 4.26. The molecular weight excluding hydrogens is 417 g/mol. The Morgan fingerprint density at radius 2 is 1.89 bits per heavy atom. The number of nitrogens with one attached hydrogen (secondary N) is 1. The van der Waals surface area contributed by atoms with E-state index in [1.165, 1.54) is 0 Å². The number of halogens is 2. The molecule has 2 nitrogen and oxygen atoms in total. The van der Waals surface area contributed by atoms with E-state index in [9.17, 15) is 4.79 Å². The summed E-state index contributed by atoms with van der Waals surface area (Å²) in [7, 11) is 0. The maximum atomic E-state index is 12.1. The first-order valence-corrected chi connectivity index (χ1v) is 7.75. The number of hydrogen-bond donors (Lipinski definition) is 1. The van der Waals surface area contributed by atoms with Crippen LogP contribution in [0.25, 0.3) is 0 Å². The van der Waals surface area contributed by atoms with Crippen LogP contribution in [0.15, 0.2) is 53.0 Å². The van der Waals surface area contributed by atoms with E-state index in [-0.39, 0.29) is 11.9 Å². The summed E-state index contributed by atoms with van der Waals surface area (Å²) in [6.07, 6.45) is 0. The van der Waals surface area contributed by atoms with Crippen molar-refractivity contribution in [3.05, 3.63) is 67.7 Å². The maximum absolute atomic E-state index is 12.1. The smallest absolute Gasteiger partial charge is 0.251 e. The third-order valence-corrected chi connectivity index (χ3v) is 4.02. The normalized spacial score (nSPS) is 11.9. The minimum atomic E-state index is -0.0520. The molecule has 1 amide bonds. The van der Waals surface area contributed by atoms with Crippen LogP contribution in [0.2, 0.25) is 0 Å². The van der Waals surface area contributed by atoms with Crippen molar-refractivity contribution in [3.8, 4) is 0 Å². The summed E-state index contributed by atoms with van der Waals surface area (Å²) >= 11 is 5.66. The van der Waals surface area contributed by atoms with E-state index < -0.39 is 0 Å². The molecule has 1 N–H and O–H groups in total. The average Bonchev–Trinajstić information content (AvgIpc) is 2.39. The van der Waals surface area contributed by atoms with Crippen LogP contribution in [-0.4, -0.2) is 5.91 Å². The minimum Gasteiger partial charge on any atom is -0.346 e. The zero-order valence-corrected chi connectivity index (χ0v) is 14.1. The highest BCUT2D eigenvalue weighted by atomic mass is 127. The molecule has 98 valence electrons. The molecule has 0 fully saturated rings. The molecule has 0 saturated carbocycles. The Hall–Kier alpha value is -0.880. The van der Waals surface area contributed by atoms with Gasteiger partial charge in [0.25, 0.3) is 5.91 Å². The van der Waals surface area contributed by atoms with Crippen molar-refractivity contribution in [2.75, 3.05) is 0 Å². The lowest BCUT2D eigenvalue weighted by atomic mass is 10.1. The van der Waals surface area contributed by atoms with Crippen LogP contribution in [0, 0.1) is 3.57 Å². The fourth-order valence-electron chi connectivity index (χ4n) is 1.74. The van der Waals surface area contributed by atoms with E-state index >= 15 is 0 Å². The SMILES string of the molecule is CC(NC(=O)c1ccc(I)cc1)c1cccc(Br)c1. The van der Waals surface area contributed by atoms with Gasteiger partial charge in [0.15, 0.2) is 0 Å². The van der Waals surface area contributed by atoms with Crippen LogP contribution in [0.1, 0.15) is 28.9 Å². The highest BCUT2D eigenvalue weighted by Crippen LogP contribution is 2.18. The summed E-state index contributed by atoms with van der Waals surface area (Å²) < 4.78 is 2.13. The van der Waals surface area contributed by atoms with E-state index in [0.717, 1.165) is 13.6 Å². The van der Waals surface area contributed by atoms with Gasteiger partial charge in [0.1, 0.15) is 0 Å². The molecule has 1 atom stereocenters. The number of benzene rings is 2. The Balaban J connectivity index is 2.08. The van der Waals surface area contributed by atoms with Gasteiger partial charge in [-0.1, -0.05) is 28.1 Å². The summed E-state index contributed by atoms with van der Waals surface area (Å²) in [6.45, 7) is 1.98. The topological polar surface area (TPSA) is 29.1 Å². The van der Waals surface area contributed by atoms with Gasteiger partial charge in [0.2, 0.25) is 0 Å². The van der Waals surface area contributed by atoms with Crippen molar-refractivity contribution in [3.63, 3.8) is 0 Å². The van der Waals surface area contributed by atoms with E-state index in [0.29, 0.717) is 5.56 Å². The molecule has 0 aliphatic heterocycles. The molecule has 0 aromatic heterocycles. The molecule has 0 heterocycles. The Morgan fingerprint density at radius 3 is 2.53 bits per heavy atom. The lowest BCUT2D eigenvalue weighted by Gasteiger charge is -2.14. The molecule has 2 aromatic carbocycles. The largest absolute Gasteiger partial charge is 0.346 e. The van der Waals surface area contributed by atoms with Gasteiger partial charge in [-0.25, -0.2) is 0 Å². The van der Waals surface area contributed by atoms with E-state index in [1.54, 1.807) is 0 Å². The minimum absolute atomic E-state index is 0.0238. The van der Waals surface area contributed by atoms with Crippen LogP contribution < -0.4 is 5.32 Å². The molecule has 2 rings (SSSR count). The fraction of sp³-hybridized carbons (Fsp3) is 0.133. The van der Waals surface area contributed by atoms with Crippen molar-refractivity contribution in [1.82, 2.24) is 5.32 Å². The molecule has 0 aliphatic rings. The van der Waals surface area contributed by atoms with Crippen LogP contribution >= 0.6 is 38.5 Å². The predicted molar refractivity (Wildman–Crippen MR) is 89.2 cm³/mol. The number of carbonyl (C=O) groups excluding carboxylic acids is 1. The standard InChI is InChI=1S/C15H13BrINO/c1-10(12-3-2-4-13(16)9-12)18-15(19)11-5-7-14(17)8-6-11/h2-10H,1H3,(H,18,19). The monoisotopic (exact) mass is 429 g/mol. The maximum Gasteiger partial charge on any atom is 0.251 e. The first-order valence-electron chi connectivity index (χ1n) is 5.88. The van der Waals surface area contributed by atoms with Gasteiger partial charge < -0.3 is 5.32 Å². The van der Waals surface area contributed by atoms with E-state index in [4.69, 9.17) is 0 Å². The first-order chi connectivity index (χ1) is 9.06. The third kappa shape index (κ3) is 4.04. The summed E-state index contributed by atoms with van der Waals surface area (Å²) in [5.41, 5.74) is 1.76. The molecule has 1 unspecified atom stereocenters. The van der Waals surface area contributed by atoms with E-state index in [2.05, 4.69) is 43.8 Å². The average molecular weight is 430 g/mol. The van der Waals surface area contributed by atoms with Gasteiger partial charge >= 0.3 is 0 Å². The van der Waals surface area contributed by atoms with Crippen molar-refractivity contribution in [2.24, 2.45) is 0 Å². The Labute approximate surface area is 134 Å². The van der Waals surface area contributed by atoms with Crippen LogP contribution in [0.3, 0.4) is 0 Å². The summed E-state index contributed by atoms with van der Waals surface area (Å²) in [5.74, 6) is -0.0520. The van der Waals surface area contributed by atoms with Gasteiger partial charge in [-0.05, 0) is 71.5 Å².